The van der Waals surface area contributed by atoms with Crippen molar-refractivity contribution in [3.63, 3.8) is 0 Å². The molecular formula is C44H50N4O8. The molecule has 0 aromatic heterocycles. The SMILES string of the molecule is CCN1C(=O)CC(C2CC3C(=O)N(CN4C(=O)CC(C5CC6C(=O)N(C)C(=O)C6c6cc(C(C)(C)C)ccc65)C4=O)C(=O)C3c3cc(C(C)(C)C)ccc32)C1=O. The van der Waals surface area contributed by atoms with E-state index >= 15 is 0 Å². The van der Waals surface area contributed by atoms with Crippen LogP contribution in [0.4, 0.5) is 0 Å². The monoisotopic (exact) mass is 762 g/mol. The summed E-state index contributed by atoms with van der Waals surface area (Å²) in [6.07, 6.45) is 0.266. The molecule has 12 nitrogen and oxygen atoms in total. The molecule has 4 aliphatic heterocycles. The molecule has 0 bridgehead atoms. The van der Waals surface area contributed by atoms with Crippen molar-refractivity contribution in [3.8, 4) is 0 Å². The van der Waals surface area contributed by atoms with Gasteiger partial charge in [0.25, 0.3) is 0 Å². The number of carbonyl (C=O) groups excluding carboxylic acids is 8. The smallest absolute Gasteiger partial charge is 0.239 e. The molecule has 2 aromatic rings. The zero-order valence-corrected chi connectivity index (χ0v) is 33.4. The van der Waals surface area contributed by atoms with Gasteiger partial charge in [0.05, 0.1) is 35.5 Å². The third-order valence-electron chi connectivity index (χ3n) is 13.7. The van der Waals surface area contributed by atoms with Crippen molar-refractivity contribution in [1.82, 2.24) is 19.6 Å². The zero-order valence-electron chi connectivity index (χ0n) is 33.4. The Morgan fingerprint density at radius 1 is 0.500 bits per heavy atom. The van der Waals surface area contributed by atoms with Gasteiger partial charge in [-0.25, -0.2) is 0 Å². The van der Waals surface area contributed by atoms with Gasteiger partial charge in [-0.3, -0.25) is 58.0 Å². The first-order valence-corrected chi connectivity index (χ1v) is 19.9. The summed E-state index contributed by atoms with van der Waals surface area (Å²) in [7, 11) is 1.48. The predicted molar refractivity (Wildman–Crippen MR) is 202 cm³/mol. The maximum absolute atomic E-state index is 14.5. The Balaban J connectivity index is 1.11. The van der Waals surface area contributed by atoms with Gasteiger partial charge in [0.15, 0.2) is 0 Å². The zero-order chi connectivity index (χ0) is 40.5. The van der Waals surface area contributed by atoms with Crippen LogP contribution in [0, 0.1) is 23.7 Å². The van der Waals surface area contributed by atoms with Crippen LogP contribution in [-0.4, -0.2) is 87.1 Å². The number of likely N-dealkylation sites (tertiary alicyclic amines) is 4. The van der Waals surface area contributed by atoms with Gasteiger partial charge in [0, 0.05) is 26.4 Å². The van der Waals surface area contributed by atoms with Crippen LogP contribution in [0.2, 0.25) is 0 Å². The van der Waals surface area contributed by atoms with Crippen LogP contribution >= 0.6 is 0 Å². The lowest BCUT2D eigenvalue weighted by Gasteiger charge is -2.35. The average molecular weight is 763 g/mol. The summed E-state index contributed by atoms with van der Waals surface area (Å²) in [5.74, 6) is -8.71. The summed E-state index contributed by atoms with van der Waals surface area (Å²) >= 11 is 0. The summed E-state index contributed by atoms with van der Waals surface area (Å²) in [6.45, 7) is 13.8. The highest BCUT2D eigenvalue weighted by atomic mass is 16.2. The largest absolute Gasteiger partial charge is 0.285 e. The van der Waals surface area contributed by atoms with Crippen LogP contribution in [0.3, 0.4) is 0 Å². The minimum atomic E-state index is -0.865. The van der Waals surface area contributed by atoms with Gasteiger partial charge in [-0.05, 0) is 75.8 Å². The Bertz CT molecular complexity index is 2160. The van der Waals surface area contributed by atoms with E-state index in [4.69, 9.17) is 0 Å². The molecule has 2 aromatic carbocycles. The molecule has 8 amide bonds. The maximum Gasteiger partial charge on any atom is 0.239 e. The van der Waals surface area contributed by atoms with Crippen LogP contribution in [0.1, 0.15) is 131 Å². The first-order chi connectivity index (χ1) is 26.2. The molecule has 6 aliphatic rings. The van der Waals surface area contributed by atoms with Gasteiger partial charge in [0.2, 0.25) is 47.3 Å². The van der Waals surface area contributed by atoms with Crippen molar-refractivity contribution >= 4 is 47.3 Å². The van der Waals surface area contributed by atoms with Crippen molar-refractivity contribution in [1.29, 1.82) is 0 Å². The van der Waals surface area contributed by atoms with Gasteiger partial charge < -0.3 is 0 Å². The van der Waals surface area contributed by atoms with Crippen LogP contribution in [0.15, 0.2) is 36.4 Å². The van der Waals surface area contributed by atoms with E-state index in [1.165, 1.54) is 11.9 Å². The second-order valence-electron chi connectivity index (χ2n) is 18.8. The number of hydrogen-bond acceptors (Lipinski definition) is 8. The van der Waals surface area contributed by atoms with E-state index in [1.807, 2.05) is 57.2 Å². The summed E-state index contributed by atoms with van der Waals surface area (Å²) in [6, 6.07) is 11.7. The third kappa shape index (κ3) is 5.52. The molecule has 0 radical (unpaired) electrons. The van der Waals surface area contributed by atoms with Gasteiger partial charge in [-0.15, -0.1) is 0 Å². The van der Waals surface area contributed by atoms with E-state index in [2.05, 4.69) is 20.8 Å². The second-order valence-corrected chi connectivity index (χ2v) is 18.8. The van der Waals surface area contributed by atoms with Gasteiger partial charge in [0.1, 0.15) is 6.67 Å². The lowest BCUT2D eigenvalue weighted by Crippen LogP contribution is -2.45. The number of carbonyl (C=O) groups is 8. The summed E-state index contributed by atoms with van der Waals surface area (Å²) < 4.78 is 0. The molecule has 4 fully saturated rings. The van der Waals surface area contributed by atoms with E-state index in [0.717, 1.165) is 37.0 Å². The topological polar surface area (TPSA) is 150 Å². The third-order valence-corrected chi connectivity index (χ3v) is 13.7. The van der Waals surface area contributed by atoms with E-state index in [0.29, 0.717) is 11.1 Å². The molecular weight excluding hydrogens is 713 g/mol. The number of amides is 8. The van der Waals surface area contributed by atoms with E-state index in [-0.39, 0.29) is 66.7 Å². The van der Waals surface area contributed by atoms with E-state index < -0.39 is 77.6 Å². The first-order valence-electron chi connectivity index (χ1n) is 19.9. The normalized spacial score (nSPS) is 30.5. The maximum atomic E-state index is 14.5. The lowest BCUT2D eigenvalue weighted by molar-refractivity contribution is -0.149. The fourth-order valence-corrected chi connectivity index (χ4v) is 10.5. The van der Waals surface area contributed by atoms with Crippen molar-refractivity contribution in [2.75, 3.05) is 20.3 Å². The minimum absolute atomic E-state index is 0.0265. The number of imide groups is 4. The molecule has 2 aliphatic carbocycles. The Hall–Kier alpha value is -5.00. The molecule has 12 heteroatoms. The Morgan fingerprint density at radius 3 is 1.39 bits per heavy atom. The molecule has 8 unspecified atom stereocenters. The molecule has 294 valence electrons. The van der Waals surface area contributed by atoms with Gasteiger partial charge >= 0.3 is 0 Å². The van der Waals surface area contributed by atoms with Crippen molar-refractivity contribution in [3.05, 3.63) is 69.8 Å². The van der Waals surface area contributed by atoms with Crippen LogP contribution in [0.25, 0.3) is 0 Å². The molecule has 56 heavy (non-hydrogen) atoms. The van der Waals surface area contributed by atoms with Crippen LogP contribution in [-0.2, 0) is 49.2 Å². The van der Waals surface area contributed by atoms with Gasteiger partial charge in [-0.1, -0.05) is 77.9 Å². The highest BCUT2D eigenvalue weighted by Crippen LogP contribution is 2.54. The summed E-state index contributed by atoms with van der Waals surface area (Å²) in [4.78, 5) is 115. The summed E-state index contributed by atoms with van der Waals surface area (Å²) in [5.41, 5.74) is 4.30. The fraction of sp³-hybridized carbons (Fsp3) is 0.545. The van der Waals surface area contributed by atoms with Crippen molar-refractivity contribution < 1.29 is 38.4 Å². The first kappa shape index (κ1) is 37.9. The Kier molecular flexibility index (Phi) is 8.64. The number of hydrogen-bond donors (Lipinski definition) is 0. The molecule has 8 atom stereocenters. The van der Waals surface area contributed by atoms with Crippen LogP contribution in [0.5, 0.6) is 0 Å². The van der Waals surface area contributed by atoms with E-state index in [1.54, 1.807) is 6.92 Å². The molecule has 8 rings (SSSR count). The molecule has 4 saturated heterocycles. The van der Waals surface area contributed by atoms with Crippen molar-refractivity contribution in [2.45, 2.75) is 109 Å². The van der Waals surface area contributed by atoms with Gasteiger partial charge in [-0.2, -0.15) is 0 Å². The predicted octanol–water partition coefficient (Wildman–Crippen LogP) is 4.45. The standard InChI is InChI=1S/C44H50N4O8/c1-9-46-33(49)18-29(38(46)52)26-17-32-36(28-15-22(44(5,6)7)11-13-24(26)28)42(56)48(40(32)54)20-47-34(50)19-30(39(47)53)25-16-31-35(41(55)45(8)37(31)51)27-14-21(43(2,3)4)10-12-23(25)27/h10-15,25-26,29-32,35-36H,9,16-20H2,1-8H3. The lowest BCUT2D eigenvalue weighted by atomic mass is 9.66. The molecule has 0 spiro atoms. The summed E-state index contributed by atoms with van der Waals surface area (Å²) in [5, 5.41) is 0. The Morgan fingerprint density at radius 2 is 0.929 bits per heavy atom. The van der Waals surface area contributed by atoms with E-state index in [9.17, 15) is 38.4 Å². The van der Waals surface area contributed by atoms with Crippen molar-refractivity contribution in [2.24, 2.45) is 23.7 Å². The number of benzene rings is 2. The fourth-order valence-electron chi connectivity index (χ4n) is 10.5. The highest BCUT2D eigenvalue weighted by molar-refractivity contribution is 6.11. The Labute approximate surface area is 326 Å². The number of likely N-dealkylation sites (N-methyl/N-ethyl adjacent to an activating group) is 1. The average Bonchev–Trinajstić information content (AvgIpc) is 3.76. The second kappa shape index (κ2) is 12.8. The quantitative estimate of drug-likeness (QED) is 0.406. The number of rotatable bonds is 5. The highest BCUT2D eigenvalue weighted by Gasteiger charge is 2.58. The molecule has 4 heterocycles. The minimum Gasteiger partial charge on any atom is -0.285 e. The molecule has 0 N–H and O–H groups in total. The molecule has 0 saturated carbocycles. The number of nitrogens with zero attached hydrogens (tertiary/aromatic N) is 4. The van der Waals surface area contributed by atoms with Crippen LogP contribution < -0.4 is 0 Å². The number of fused-ring (bicyclic) bond motifs is 6.